The number of imidazole rings is 1. The van der Waals surface area contributed by atoms with Crippen molar-refractivity contribution >= 4 is 17.1 Å². The van der Waals surface area contributed by atoms with Gasteiger partial charge in [0.2, 0.25) is 0 Å². The van der Waals surface area contributed by atoms with Crippen LogP contribution in [0.4, 0.5) is 6.01 Å². The summed E-state index contributed by atoms with van der Waals surface area (Å²) in [7, 11) is 1.72. The number of ether oxygens (including phenoxy) is 1. The molecule has 132 valence electrons. The largest absolute Gasteiger partial charge is 0.423 e. The number of oxazole rings is 1. The normalized spacial score (nSPS) is 16.0. The summed E-state index contributed by atoms with van der Waals surface area (Å²) in [5, 5.41) is 0. The molecule has 2 aromatic heterocycles. The van der Waals surface area contributed by atoms with Crippen molar-refractivity contribution in [1.29, 1.82) is 0 Å². The van der Waals surface area contributed by atoms with Gasteiger partial charge >= 0.3 is 0 Å². The summed E-state index contributed by atoms with van der Waals surface area (Å²) in [5.74, 6) is 0. The van der Waals surface area contributed by atoms with Gasteiger partial charge in [-0.05, 0) is 12.1 Å². The van der Waals surface area contributed by atoms with E-state index in [4.69, 9.17) is 9.15 Å². The minimum atomic E-state index is 0.703. The van der Waals surface area contributed by atoms with E-state index >= 15 is 0 Å². The lowest BCUT2D eigenvalue weighted by atomic mass is 10.3. The van der Waals surface area contributed by atoms with Gasteiger partial charge in [0, 0.05) is 52.6 Å². The molecular formula is C18H23N5O2. The SMILES string of the molecule is COCCn1cncc1CN1CCN(c2nc3ccccc3o2)CC1. The second-order valence-electron chi connectivity index (χ2n) is 6.30. The third-order valence-corrected chi connectivity index (χ3v) is 4.65. The number of para-hydroxylation sites is 2. The zero-order chi connectivity index (χ0) is 17.1. The van der Waals surface area contributed by atoms with E-state index in [1.165, 1.54) is 5.69 Å². The number of methoxy groups -OCH3 is 1. The van der Waals surface area contributed by atoms with Crippen molar-refractivity contribution in [1.82, 2.24) is 19.4 Å². The molecule has 0 saturated carbocycles. The predicted octanol–water partition coefficient (Wildman–Crippen LogP) is 1.99. The van der Waals surface area contributed by atoms with Crippen LogP contribution in [0.1, 0.15) is 5.69 Å². The highest BCUT2D eigenvalue weighted by molar-refractivity contribution is 5.74. The molecule has 7 heteroatoms. The van der Waals surface area contributed by atoms with Crippen LogP contribution in [-0.2, 0) is 17.8 Å². The van der Waals surface area contributed by atoms with Crippen molar-refractivity contribution in [2.45, 2.75) is 13.1 Å². The summed E-state index contributed by atoms with van der Waals surface area (Å²) in [6, 6.07) is 8.63. The minimum Gasteiger partial charge on any atom is -0.423 e. The molecule has 1 fully saturated rings. The van der Waals surface area contributed by atoms with Gasteiger partial charge in [-0.15, -0.1) is 0 Å². The molecule has 0 unspecified atom stereocenters. The molecule has 1 aliphatic heterocycles. The zero-order valence-electron chi connectivity index (χ0n) is 14.5. The monoisotopic (exact) mass is 341 g/mol. The Morgan fingerprint density at radius 1 is 1.16 bits per heavy atom. The molecule has 3 aromatic rings. The van der Waals surface area contributed by atoms with Crippen molar-refractivity contribution in [2.24, 2.45) is 0 Å². The predicted molar refractivity (Wildman–Crippen MR) is 95.6 cm³/mol. The smallest absolute Gasteiger partial charge is 0.298 e. The number of hydrogen-bond donors (Lipinski definition) is 0. The first-order valence-corrected chi connectivity index (χ1v) is 8.64. The summed E-state index contributed by atoms with van der Waals surface area (Å²) in [5.41, 5.74) is 3.00. The van der Waals surface area contributed by atoms with Crippen LogP contribution in [0.3, 0.4) is 0 Å². The average Bonchev–Trinajstić information content (AvgIpc) is 3.27. The fraction of sp³-hybridized carbons (Fsp3) is 0.444. The molecule has 0 amide bonds. The summed E-state index contributed by atoms with van der Waals surface area (Å²) >= 11 is 0. The lowest BCUT2D eigenvalue weighted by molar-refractivity contribution is 0.183. The van der Waals surface area contributed by atoms with E-state index < -0.39 is 0 Å². The van der Waals surface area contributed by atoms with Crippen LogP contribution >= 0.6 is 0 Å². The van der Waals surface area contributed by atoms with Crippen LogP contribution in [-0.4, -0.2) is 59.3 Å². The van der Waals surface area contributed by atoms with Crippen LogP contribution in [0.15, 0.2) is 41.2 Å². The summed E-state index contributed by atoms with van der Waals surface area (Å²) in [6.07, 6.45) is 3.83. The Bertz CT molecular complexity index is 787. The molecule has 0 spiro atoms. The quantitative estimate of drug-likeness (QED) is 0.683. The van der Waals surface area contributed by atoms with Crippen LogP contribution in [0.2, 0.25) is 0 Å². The topological polar surface area (TPSA) is 59.6 Å². The Balaban J connectivity index is 1.36. The van der Waals surface area contributed by atoms with E-state index in [9.17, 15) is 0 Å². The highest BCUT2D eigenvalue weighted by Gasteiger charge is 2.21. The highest BCUT2D eigenvalue weighted by atomic mass is 16.5. The van der Waals surface area contributed by atoms with Crippen molar-refractivity contribution in [3.05, 3.63) is 42.5 Å². The molecule has 0 bridgehead atoms. The maximum absolute atomic E-state index is 5.88. The highest BCUT2D eigenvalue weighted by Crippen LogP contribution is 2.22. The zero-order valence-corrected chi connectivity index (χ0v) is 14.5. The number of benzene rings is 1. The van der Waals surface area contributed by atoms with Crippen molar-refractivity contribution < 1.29 is 9.15 Å². The van der Waals surface area contributed by atoms with Gasteiger partial charge in [0.1, 0.15) is 5.52 Å². The molecule has 4 rings (SSSR count). The van der Waals surface area contributed by atoms with Crippen LogP contribution < -0.4 is 4.90 Å². The van der Waals surface area contributed by atoms with Gasteiger partial charge < -0.3 is 18.6 Å². The van der Waals surface area contributed by atoms with E-state index in [-0.39, 0.29) is 0 Å². The van der Waals surface area contributed by atoms with Gasteiger partial charge in [-0.25, -0.2) is 4.98 Å². The molecule has 0 aliphatic carbocycles. The van der Waals surface area contributed by atoms with E-state index in [0.29, 0.717) is 6.61 Å². The van der Waals surface area contributed by atoms with Gasteiger partial charge in [0.15, 0.2) is 5.58 Å². The van der Waals surface area contributed by atoms with Gasteiger partial charge in [-0.1, -0.05) is 12.1 Å². The van der Waals surface area contributed by atoms with E-state index in [1.54, 1.807) is 7.11 Å². The summed E-state index contributed by atoms with van der Waals surface area (Å²) in [6.45, 7) is 6.25. The second kappa shape index (κ2) is 7.25. The average molecular weight is 341 g/mol. The van der Waals surface area contributed by atoms with Crippen molar-refractivity contribution in [3.63, 3.8) is 0 Å². The number of fused-ring (bicyclic) bond motifs is 1. The van der Waals surface area contributed by atoms with Gasteiger partial charge in [-0.2, -0.15) is 4.98 Å². The first-order valence-electron chi connectivity index (χ1n) is 8.64. The first kappa shape index (κ1) is 16.1. The van der Waals surface area contributed by atoms with Crippen LogP contribution in [0.25, 0.3) is 11.1 Å². The molecular weight excluding hydrogens is 318 g/mol. The second-order valence-corrected chi connectivity index (χ2v) is 6.30. The Morgan fingerprint density at radius 3 is 2.80 bits per heavy atom. The van der Waals surface area contributed by atoms with Crippen LogP contribution in [0.5, 0.6) is 0 Å². The number of piperazine rings is 1. The molecule has 0 N–H and O–H groups in total. The van der Waals surface area contributed by atoms with Gasteiger partial charge in [0.05, 0.1) is 18.6 Å². The number of aromatic nitrogens is 3. The third kappa shape index (κ3) is 3.52. The lowest BCUT2D eigenvalue weighted by Crippen LogP contribution is -2.46. The fourth-order valence-corrected chi connectivity index (χ4v) is 3.19. The molecule has 1 aliphatic rings. The Morgan fingerprint density at radius 2 is 2.00 bits per heavy atom. The fourth-order valence-electron chi connectivity index (χ4n) is 3.19. The maximum atomic E-state index is 5.88. The number of hydrogen-bond acceptors (Lipinski definition) is 6. The summed E-state index contributed by atoms with van der Waals surface area (Å²) in [4.78, 5) is 13.5. The van der Waals surface area contributed by atoms with Crippen LogP contribution in [0, 0.1) is 0 Å². The maximum Gasteiger partial charge on any atom is 0.298 e. The van der Waals surface area contributed by atoms with E-state index in [0.717, 1.165) is 56.4 Å². The number of rotatable bonds is 6. The first-order chi connectivity index (χ1) is 12.3. The van der Waals surface area contributed by atoms with Gasteiger partial charge in [-0.3, -0.25) is 4.90 Å². The lowest BCUT2D eigenvalue weighted by Gasteiger charge is -2.33. The number of anilines is 1. The molecule has 0 atom stereocenters. The molecule has 0 radical (unpaired) electrons. The minimum absolute atomic E-state index is 0.703. The molecule has 1 aromatic carbocycles. The molecule has 3 heterocycles. The van der Waals surface area contributed by atoms with Crippen molar-refractivity contribution in [3.8, 4) is 0 Å². The Kier molecular flexibility index (Phi) is 4.67. The number of nitrogens with zero attached hydrogens (tertiary/aromatic N) is 5. The third-order valence-electron chi connectivity index (χ3n) is 4.65. The Labute approximate surface area is 146 Å². The summed E-state index contributed by atoms with van der Waals surface area (Å²) < 4.78 is 13.2. The molecule has 7 nitrogen and oxygen atoms in total. The molecule has 1 saturated heterocycles. The van der Waals surface area contributed by atoms with E-state index in [1.807, 2.05) is 36.8 Å². The van der Waals surface area contributed by atoms with Crippen molar-refractivity contribution in [2.75, 3.05) is 44.8 Å². The Hall–Kier alpha value is -2.38. The molecule has 25 heavy (non-hydrogen) atoms. The standard InChI is InChI=1S/C18H23N5O2/c1-24-11-10-23-14-19-12-15(23)13-21-6-8-22(9-7-21)18-20-16-4-2-3-5-17(16)25-18/h2-5,12,14H,6-11,13H2,1H3. The van der Waals surface area contributed by atoms with E-state index in [2.05, 4.69) is 24.3 Å². The van der Waals surface area contributed by atoms with Gasteiger partial charge in [0.25, 0.3) is 6.01 Å².